The van der Waals surface area contributed by atoms with Crippen LogP contribution in [0.1, 0.15) is 87.2 Å². The summed E-state index contributed by atoms with van der Waals surface area (Å²) in [5.74, 6) is 0.593. The molecule has 0 radical (unpaired) electrons. The molecular weight excluding hydrogens is 314 g/mol. The molecule has 2 rings (SSSR count). The Morgan fingerprint density at radius 1 is 1.00 bits per heavy atom. The Kier molecular flexibility index (Phi) is 8.17. The van der Waals surface area contributed by atoms with E-state index in [2.05, 4.69) is 19.2 Å². The van der Waals surface area contributed by atoms with Crippen LogP contribution in [0, 0.1) is 0 Å². The van der Waals surface area contributed by atoms with Gasteiger partial charge >= 0.3 is 0 Å². The van der Waals surface area contributed by atoms with E-state index in [0.717, 1.165) is 16.9 Å². The van der Waals surface area contributed by atoms with E-state index in [1.54, 1.807) is 11.3 Å². The lowest BCUT2D eigenvalue weighted by Crippen LogP contribution is -1.99. The smallest absolute Gasteiger partial charge is 0.150 e. The third-order valence-electron chi connectivity index (χ3n) is 4.53. The van der Waals surface area contributed by atoms with Gasteiger partial charge in [-0.15, -0.1) is 11.3 Å². The average molecular weight is 344 g/mol. The number of thiazole rings is 1. The van der Waals surface area contributed by atoms with Gasteiger partial charge in [0.15, 0.2) is 0 Å². The highest BCUT2D eigenvalue weighted by molar-refractivity contribution is 7.13. The second-order valence-electron chi connectivity index (χ2n) is 6.51. The quantitative estimate of drug-likeness (QED) is 0.329. The summed E-state index contributed by atoms with van der Waals surface area (Å²) in [6, 6.07) is 7.71. The highest BCUT2D eigenvalue weighted by atomic mass is 32.1. The molecule has 1 heterocycles. The number of carbonyl (C=O) groups is 1. The van der Waals surface area contributed by atoms with Gasteiger partial charge in [0.2, 0.25) is 0 Å². The molecule has 0 spiro atoms. The van der Waals surface area contributed by atoms with E-state index in [0.29, 0.717) is 11.5 Å². The molecule has 0 amide bonds. The molecule has 1 aromatic heterocycles. The van der Waals surface area contributed by atoms with E-state index in [9.17, 15) is 4.79 Å². The van der Waals surface area contributed by atoms with Crippen LogP contribution in [0.3, 0.4) is 0 Å². The Morgan fingerprint density at radius 2 is 1.75 bits per heavy atom. The predicted molar refractivity (Wildman–Crippen MR) is 104 cm³/mol. The molecule has 0 aliphatic rings. The first-order chi connectivity index (χ1) is 11.8. The summed E-state index contributed by atoms with van der Waals surface area (Å²) in [5.41, 5.74) is 3.08. The van der Waals surface area contributed by atoms with Gasteiger partial charge in [-0.05, 0) is 12.8 Å². The summed E-state index contributed by atoms with van der Waals surface area (Å²) < 4.78 is 0. The maximum Gasteiger partial charge on any atom is 0.150 e. The van der Waals surface area contributed by atoms with Gasteiger partial charge in [0.1, 0.15) is 11.3 Å². The zero-order chi connectivity index (χ0) is 17.2. The lowest BCUT2D eigenvalue weighted by molar-refractivity contribution is 0.112. The molecule has 130 valence electrons. The number of aldehydes is 1. The molecule has 1 aromatic carbocycles. The van der Waals surface area contributed by atoms with Crippen LogP contribution in [-0.2, 0) is 0 Å². The van der Waals surface area contributed by atoms with Crippen LogP contribution >= 0.6 is 11.3 Å². The number of benzene rings is 1. The number of hydrogen-bond acceptors (Lipinski definition) is 3. The van der Waals surface area contributed by atoms with Crippen LogP contribution in [0.2, 0.25) is 0 Å². The van der Waals surface area contributed by atoms with E-state index in [1.807, 2.05) is 24.3 Å². The monoisotopic (exact) mass is 343 g/mol. The van der Waals surface area contributed by atoms with E-state index < -0.39 is 0 Å². The fourth-order valence-corrected chi connectivity index (χ4v) is 4.00. The fourth-order valence-electron chi connectivity index (χ4n) is 3.09. The number of nitrogens with zero attached hydrogens (tertiary/aromatic N) is 1. The number of carbonyl (C=O) groups excluding carboxylic acids is 1. The minimum atomic E-state index is 0.593. The third-order valence-corrected chi connectivity index (χ3v) is 5.44. The topological polar surface area (TPSA) is 30.0 Å². The Balaban J connectivity index is 1.99. The Bertz CT molecular complexity index is 603. The fraction of sp³-hybridized carbons (Fsp3) is 0.524. The summed E-state index contributed by atoms with van der Waals surface area (Å²) in [6.45, 7) is 4.52. The molecular formula is C21H29NOS. The van der Waals surface area contributed by atoms with Crippen molar-refractivity contribution in [1.82, 2.24) is 4.98 Å². The molecule has 1 unspecified atom stereocenters. The molecule has 0 saturated carbocycles. The first-order valence-electron chi connectivity index (χ1n) is 9.29. The predicted octanol–water partition coefficient (Wildman–Crippen LogP) is 6.87. The van der Waals surface area contributed by atoms with Crippen molar-refractivity contribution >= 4 is 17.6 Å². The van der Waals surface area contributed by atoms with Crippen LogP contribution in [0.15, 0.2) is 29.6 Å². The second kappa shape index (κ2) is 10.4. The van der Waals surface area contributed by atoms with Crippen LogP contribution < -0.4 is 0 Å². The molecule has 0 aliphatic heterocycles. The van der Waals surface area contributed by atoms with Gasteiger partial charge in [-0.1, -0.05) is 76.6 Å². The Labute approximate surface area is 150 Å². The highest BCUT2D eigenvalue weighted by Gasteiger charge is 2.15. The van der Waals surface area contributed by atoms with Gasteiger partial charge in [-0.3, -0.25) is 4.79 Å². The molecule has 2 nitrogen and oxygen atoms in total. The van der Waals surface area contributed by atoms with Crippen molar-refractivity contribution in [3.05, 3.63) is 40.9 Å². The van der Waals surface area contributed by atoms with Gasteiger partial charge in [-0.25, -0.2) is 4.98 Å². The average Bonchev–Trinajstić information content (AvgIpc) is 3.10. The van der Waals surface area contributed by atoms with Gasteiger partial charge in [0.05, 0.1) is 5.69 Å². The maximum atomic E-state index is 10.8. The van der Waals surface area contributed by atoms with Crippen molar-refractivity contribution < 1.29 is 4.79 Å². The standard InChI is InChI=1S/C21H29NOS/c1-3-5-6-7-8-10-18(9-4-2)20-16-24-21(22-20)19-13-11-17(15-23)12-14-19/h11-16,18H,3-10H2,1-2H3. The number of rotatable bonds is 11. The largest absolute Gasteiger partial charge is 0.298 e. The van der Waals surface area contributed by atoms with Crippen LogP contribution in [-0.4, -0.2) is 11.3 Å². The van der Waals surface area contributed by atoms with Gasteiger partial charge in [-0.2, -0.15) is 0 Å². The minimum absolute atomic E-state index is 0.593. The number of aromatic nitrogens is 1. The first kappa shape index (κ1) is 18.9. The highest BCUT2D eigenvalue weighted by Crippen LogP contribution is 2.32. The molecule has 0 N–H and O–H groups in total. The zero-order valence-corrected chi connectivity index (χ0v) is 15.8. The molecule has 2 aromatic rings. The normalized spacial score (nSPS) is 12.2. The molecule has 0 fully saturated rings. The van der Waals surface area contributed by atoms with Gasteiger partial charge in [0, 0.05) is 22.4 Å². The Morgan fingerprint density at radius 3 is 2.42 bits per heavy atom. The summed E-state index contributed by atoms with van der Waals surface area (Å²) >= 11 is 1.72. The van der Waals surface area contributed by atoms with Crippen molar-refractivity contribution in [3.63, 3.8) is 0 Å². The van der Waals surface area contributed by atoms with Crippen LogP contribution in [0.4, 0.5) is 0 Å². The van der Waals surface area contributed by atoms with E-state index in [1.165, 1.54) is 57.1 Å². The van der Waals surface area contributed by atoms with Crippen molar-refractivity contribution in [2.24, 2.45) is 0 Å². The number of unbranched alkanes of at least 4 members (excludes halogenated alkanes) is 4. The lowest BCUT2D eigenvalue weighted by atomic mass is 9.93. The zero-order valence-electron chi connectivity index (χ0n) is 15.0. The number of hydrogen-bond donors (Lipinski definition) is 0. The summed E-state index contributed by atoms with van der Waals surface area (Å²) in [6.07, 6.45) is 11.2. The summed E-state index contributed by atoms with van der Waals surface area (Å²) in [4.78, 5) is 15.7. The van der Waals surface area contributed by atoms with E-state index >= 15 is 0 Å². The molecule has 0 bridgehead atoms. The van der Waals surface area contributed by atoms with E-state index in [4.69, 9.17) is 4.98 Å². The van der Waals surface area contributed by atoms with Crippen LogP contribution in [0.5, 0.6) is 0 Å². The third kappa shape index (κ3) is 5.55. The lowest BCUT2D eigenvalue weighted by Gasteiger charge is -2.13. The van der Waals surface area contributed by atoms with Crippen molar-refractivity contribution in [2.75, 3.05) is 0 Å². The van der Waals surface area contributed by atoms with E-state index in [-0.39, 0.29) is 0 Å². The molecule has 3 heteroatoms. The minimum Gasteiger partial charge on any atom is -0.298 e. The summed E-state index contributed by atoms with van der Waals surface area (Å²) in [5, 5.41) is 3.30. The SMILES string of the molecule is CCCCCCCC(CCC)c1csc(-c2ccc(C=O)cc2)n1. The maximum absolute atomic E-state index is 10.8. The van der Waals surface area contributed by atoms with Crippen LogP contribution in [0.25, 0.3) is 10.6 Å². The van der Waals surface area contributed by atoms with Crippen molar-refractivity contribution in [2.45, 2.75) is 71.1 Å². The molecule has 0 saturated heterocycles. The van der Waals surface area contributed by atoms with Gasteiger partial charge < -0.3 is 0 Å². The second-order valence-corrected chi connectivity index (χ2v) is 7.36. The molecule has 1 atom stereocenters. The Hall–Kier alpha value is -1.48. The molecule has 0 aliphatic carbocycles. The first-order valence-corrected chi connectivity index (χ1v) is 10.2. The van der Waals surface area contributed by atoms with Crippen molar-refractivity contribution in [3.8, 4) is 10.6 Å². The van der Waals surface area contributed by atoms with Gasteiger partial charge in [0.25, 0.3) is 0 Å². The van der Waals surface area contributed by atoms with Crippen molar-refractivity contribution in [1.29, 1.82) is 0 Å². The molecule has 24 heavy (non-hydrogen) atoms. The summed E-state index contributed by atoms with van der Waals surface area (Å²) in [7, 11) is 0.